The number of benzene rings is 1. The van der Waals surface area contributed by atoms with E-state index in [-0.39, 0.29) is 35.5 Å². The van der Waals surface area contributed by atoms with E-state index < -0.39 is 5.82 Å². The van der Waals surface area contributed by atoms with Crippen LogP contribution in [0.1, 0.15) is 29.6 Å². The van der Waals surface area contributed by atoms with Crippen molar-refractivity contribution < 1.29 is 14.0 Å². The van der Waals surface area contributed by atoms with Gasteiger partial charge in [-0.1, -0.05) is 6.42 Å². The molecule has 1 aliphatic carbocycles. The standard InChI is InChI=1S/C22H28FN7O2/c1-29-9-11-30(12-10-29)21(32)14-5-7-15(8-6-14)26-22-25-13-17(23)20(28-22)27-18-4-2-3-16(18)19(24)31/h5-8,13,16,18H,2-4,9-12H2,1H3,(H2,24,31)(H2,25,26,27,28). The van der Waals surface area contributed by atoms with Gasteiger partial charge in [0.05, 0.1) is 12.1 Å². The van der Waals surface area contributed by atoms with Gasteiger partial charge in [0.1, 0.15) is 0 Å². The molecule has 2 unspecified atom stereocenters. The van der Waals surface area contributed by atoms with Crippen molar-refractivity contribution in [1.29, 1.82) is 0 Å². The topological polar surface area (TPSA) is 116 Å². The molecule has 1 aromatic carbocycles. The van der Waals surface area contributed by atoms with Crippen molar-refractivity contribution in [2.75, 3.05) is 43.9 Å². The Hall–Kier alpha value is -3.27. The van der Waals surface area contributed by atoms with Crippen LogP contribution in [0.2, 0.25) is 0 Å². The molecule has 0 radical (unpaired) electrons. The molecule has 1 aliphatic heterocycles. The van der Waals surface area contributed by atoms with Crippen LogP contribution in [0.5, 0.6) is 0 Å². The second-order valence-electron chi connectivity index (χ2n) is 8.38. The quantitative estimate of drug-likeness (QED) is 0.626. The number of amides is 2. The van der Waals surface area contributed by atoms with E-state index >= 15 is 0 Å². The zero-order chi connectivity index (χ0) is 22.7. The zero-order valence-corrected chi connectivity index (χ0v) is 18.1. The number of nitrogens with two attached hydrogens (primary N) is 1. The highest BCUT2D eigenvalue weighted by Gasteiger charge is 2.32. The van der Waals surface area contributed by atoms with Gasteiger partial charge in [-0.3, -0.25) is 9.59 Å². The summed E-state index contributed by atoms with van der Waals surface area (Å²) in [6.07, 6.45) is 3.34. The fraction of sp³-hybridized carbons (Fsp3) is 0.455. The lowest BCUT2D eigenvalue weighted by molar-refractivity contribution is -0.121. The van der Waals surface area contributed by atoms with E-state index in [1.807, 2.05) is 11.9 Å². The van der Waals surface area contributed by atoms with Crippen molar-refractivity contribution in [2.45, 2.75) is 25.3 Å². The highest BCUT2D eigenvalue weighted by Crippen LogP contribution is 2.29. The predicted octanol–water partition coefficient (Wildman–Crippen LogP) is 1.81. The first-order valence-electron chi connectivity index (χ1n) is 10.8. The van der Waals surface area contributed by atoms with Crippen LogP contribution >= 0.6 is 0 Å². The second-order valence-corrected chi connectivity index (χ2v) is 8.38. The van der Waals surface area contributed by atoms with Crippen LogP contribution in [0.4, 0.5) is 21.8 Å². The maximum Gasteiger partial charge on any atom is 0.253 e. The summed E-state index contributed by atoms with van der Waals surface area (Å²) in [7, 11) is 2.05. The van der Waals surface area contributed by atoms with Crippen LogP contribution in [0.15, 0.2) is 30.5 Å². The summed E-state index contributed by atoms with van der Waals surface area (Å²) >= 11 is 0. The Bertz CT molecular complexity index is 977. The van der Waals surface area contributed by atoms with Gasteiger partial charge in [-0.2, -0.15) is 4.98 Å². The Morgan fingerprint density at radius 1 is 1.12 bits per heavy atom. The molecule has 0 spiro atoms. The summed E-state index contributed by atoms with van der Waals surface area (Å²) in [6.45, 7) is 3.16. The summed E-state index contributed by atoms with van der Waals surface area (Å²) in [5.41, 5.74) is 6.74. The summed E-state index contributed by atoms with van der Waals surface area (Å²) in [6, 6.07) is 6.79. The van der Waals surface area contributed by atoms with Crippen molar-refractivity contribution in [3.05, 3.63) is 41.8 Å². The first-order chi connectivity index (χ1) is 15.4. The van der Waals surface area contributed by atoms with Gasteiger partial charge in [0.15, 0.2) is 11.6 Å². The lowest BCUT2D eigenvalue weighted by Gasteiger charge is -2.32. The van der Waals surface area contributed by atoms with Crippen LogP contribution in [-0.2, 0) is 4.79 Å². The summed E-state index contributed by atoms with van der Waals surface area (Å²) in [5.74, 6) is -1.08. The van der Waals surface area contributed by atoms with E-state index in [4.69, 9.17) is 5.73 Å². The Morgan fingerprint density at radius 3 is 2.53 bits per heavy atom. The maximum atomic E-state index is 14.3. The van der Waals surface area contributed by atoms with Crippen molar-refractivity contribution in [1.82, 2.24) is 19.8 Å². The third-order valence-corrected chi connectivity index (χ3v) is 6.13. The number of carbonyl (C=O) groups excluding carboxylic acids is 2. The molecule has 10 heteroatoms. The number of nitrogens with one attached hydrogen (secondary N) is 2. The molecule has 170 valence electrons. The monoisotopic (exact) mass is 441 g/mol. The van der Waals surface area contributed by atoms with E-state index in [1.54, 1.807) is 24.3 Å². The molecule has 2 fully saturated rings. The van der Waals surface area contributed by atoms with Crippen molar-refractivity contribution >= 4 is 29.3 Å². The smallest absolute Gasteiger partial charge is 0.253 e. The molecule has 1 aromatic heterocycles. The highest BCUT2D eigenvalue weighted by molar-refractivity contribution is 5.94. The Balaban J connectivity index is 1.41. The molecule has 4 rings (SSSR count). The third-order valence-electron chi connectivity index (χ3n) is 6.13. The number of aromatic nitrogens is 2. The minimum Gasteiger partial charge on any atom is -0.369 e. The Kier molecular flexibility index (Phi) is 6.50. The number of nitrogens with zero attached hydrogens (tertiary/aromatic N) is 4. The molecular weight excluding hydrogens is 413 g/mol. The molecule has 1 saturated heterocycles. The molecule has 0 bridgehead atoms. The molecule has 9 nitrogen and oxygen atoms in total. The van der Waals surface area contributed by atoms with Gasteiger partial charge in [0.25, 0.3) is 5.91 Å². The van der Waals surface area contributed by atoms with Gasteiger partial charge in [-0.05, 0) is 44.2 Å². The van der Waals surface area contributed by atoms with Gasteiger partial charge >= 0.3 is 0 Å². The van der Waals surface area contributed by atoms with Gasteiger partial charge < -0.3 is 26.2 Å². The molecule has 2 aromatic rings. The number of primary amides is 1. The zero-order valence-electron chi connectivity index (χ0n) is 18.1. The number of rotatable bonds is 6. The van der Waals surface area contributed by atoms with Gasteiger partial charge in [0, 0.05) is 43.5 Å². The second kappa shape index (κ2) is 9.47. The van der Waals surface area contributed by atoms with Gasteiger partial charge in [0.2, 0.25) is 11.9 Å². The summed E-state index contributed by atoms with van der Waals surface area (Å²) in [4.78, 5) is 36.5. The minimum atomic E-state index is -0.598. The largest absolute Gasteiger partial charge is 0.369 e. The van der Waals surface area contributed by atoms with Crippen LogP contribution < -0.4 is 16.4 Å². The molecule has 4 N–H and O–H groups in total. The van der Waals surface area contributed by atoms with E-state index in [1.165, 1.54) is 0 Å². The van der Waals surface area contributed by atoms with E-state index in [0.29, 0.717) is 30.8 Å². The number of carbonyl (C=O) groups is 2. The lowest BCUT2D eigenvalue weighted by atomic mass is 10.0. The maximum absolute atomic E-state index is 14.3. The molecule has 32 heavy (non-hydrogen) atoms. The summed E-state index contributed by atoms with van der Waals surface area (Å²) < 4.78 is 14.3. The number of hydrogen-bond acceptors (Lipinski definition) is 7. The van der Waals surface area contributed by atoms with Crippen LogP contribution in [0.3, 0.4) is 0 Å². The number of anilines is 3. The van der Waals surface area contributed by atoms with Crippen molar-refractivity contribution in [3.63, 3.8) is 0 Å². The molecule has 2 aliphatic rings. The number of halogens is 1. The van der Waals surface area contributed by atoms with Gasteiger partial charge in [-0.25, -0.2) is 9.37 Å². The number of piperazine rings is 1. The molecule has 1 saturated carbocycles. The molecule has 2 amide bonds. The first kappa shape index (κ1) is 21.9. The van der Waals surface area contributed by atoms with Crippen LogP contribution in [0.25, 0.3) is 0 Å². The fourth-order valence-corrected chi connectivity index (χ4v) is 4.19. The van der Waals surface area contributed by atoms with E-state index in [2.05, 4.69) is 25.5 Å². The fourth-order valence-electron chi connectivity index (χ4n) is 4.19. The SMILES string of the molecule is CN1CCN(C(=O)c2ccc(Nc3ncc(F)c(NC4CCCC4C(N)=O)n3)cc2)CC1. The third kappa shape index (κ3) is 4.96. The van der Waals surface area contributed by atoms with Crippen LogP contribution in [0, 0.1) is 11.7 Å². The first-order valence-corrected chi connectivity index (χ1v) is 10.8. The average Bonchev–Trinajstić information content (AvgIpc) is 3.25. The van der Waals surface area contributed by atoms with E-state index in [9.17, 15) is 14.0 Å². The van der Waals surface area contributed by atoms with E-state index in [0.717, 1.165) is 32.1 Å². The van der Waals surface area contributed by atoms with Crippen molar-refractivity contribution in [2.24, 2.45) is 11.7 Å². The Labute approximate surface area is 186 Å². The van der Waals surface area contributed by atoms with Crippen molar-refractivity contribution in [3.8, 4) is 0 Å². The molecule has 2 heterocycles. The van der Waals surface area contributed by atoms with Crippen LogP contribution in [-0.4, -0.2) is 70.9 Å². The lowest BCUT2D eigenvalue weighted by Crippen LogP contribution is -2.47. The number of likely N-dealkylation sites (N-methyl/N-ethyl adjacent to an activating group) is 1. The predicted molar refractivity (Wildman–Crippen MR) is 119 cm³/mol. The minimum absolute atomic E-state index is 0.00902. The molecular formula is C22H28FN7O2. The Morgan fingerprint density at radius 2 is 1.84 bits per heavy atom. The molecule has 2 atom stereocenters. The summed E-state index contributed by atoms with van der Waals surface area (Å²) in [5, 5.41) is 6.04. The normalized spacial score (nSPS) is 21.4. The number of hydrogen-bond donors (Lipinski definition) is 3. The highest BCUT2D eigenvalue weighted by atomic mass is 19.1. The average molecular weight is 442 g/mol. The van der Waals surface area contributed by atoms with Gasteiger partial charge in [-0.15, -0.1) is 0 Å².